The fourth-order valence-corrected chi connectivity index (χ4v) is 3.10. The molecule has 0 fully saturated rings. The highest BCUT2D eigenvalue weighted by molar-refractivity contribution is 5.61. The van der Waals surface area contributed by atoms with Gasteiger partial charge in [0.15, 0.2) is 11.6 Å². The smallest absolute Gasteiger partial charge is 0.251 e. The normalized spacial score (nSPS) is 11.1. The van der Waals surface area contributed by atoms with Crippen LogP contribution in [-0.4, -0.2) is 39.7 Å². The minimum atomic E-state index is 0.393. The number of nitrogens with zero attached hydrogens (tertiary/aromatic N) is 8. The van der Waals surface area contributed by atoms with E-state index < -0.39 is 0 Å². The van der Waals surface area contributed by atoms with Gasteiger partial charge in [-0.3, -0.25) is 0 Å². The molecule has 0 saturated carbocycles. The molecule has 29 heavy (non-hydrogen) atoms. The summed E-state index contributed by atoms with van der Waals surface area (Å²) >= 11 is 0. The second-order valence-electron chi connectivity index (χ2n) is 6.40. The zero-order valence-corrected chi connectivity index (χ0v) is 15.8. The minimum absolute atomic E-state index is 0.393. The highest BCUT2D eigenvalue weighted by atomic mass is 16.4. The Bertz CT molecular complexity index is 1170. The molecule has 0 amide bonds. The molecule has 0 N–H and O–H groups in total. The Morgan fingerprint density at radius 1 is 0.690 bits per heavy atom. The van der Waals surface area contributed by atoms with Gasteiger partial charge in [-0.1, -0.05) is 12.1 Å². The van der Waals surface area contributed by atoms with Crippen molar-refractivity contribution in [2.24, 2.45) is 0 Å². The molecule has 5 aromatic rings. The summed E-state index contributed by atoms with van der Waals surface area (Å²) in [4.78, 5) is 8.66. The lowest BCUT2D eigenvalue weighted by Gasteiger charge is -2.02. The van der Waals surface area contributed by atoms with E-state index in [1.165, 1.54) is 0 Å². The van der Waals surface area contributed by atoms with Crippen molar-refractivity contribution in [3.05, 3.63) is 72.6 Å². The van der Waals surface area contributed by atoms with Gasteiger partial charge in [0.05, 0.1) is 34.9 Å². The number of hydrogen-bond acceptors (Lipinski definition) is 7. The first-order valence-corrected chi connectivity index (χ1v) is 8.98. The summed E-state index contributed by atoms with van der Waals surface area (Å²) in [6, 6.07) is 11.3. The molecule has 9 nitrogen and oxygen atoms in total. The van der Waals surface area contributed by atoms with E-state index in [0.717, 1.165) is 34.2 Å². The summed E-state index contributed by atoms with van der Waals surface area (Å²) < 4.78 is 9.43. The quantitative estimate of drug-likeness (QED) is 0.469. The van der Waals surface area contributed by atoms with Gasteiger partial charge in [-0.15, -0.1) is 10.2 Å². The van der Waals surface area contributed by atoms with Crippen LogP contribution in [0.1, 0.15) is 11.4 Å². The molecule has 0 saturated heterocycles. The van der Waals surface area contributed by atoms with Crippen LogP contribution in [0.3, 0.4) is 0 Å². The molecular weight excluding hydrogens is 368 g/mol. The highest BCUT2D eigenvalue weighted by Crippen LogP contribution is 2.28. The third-order valence-electron chi connectivity index (χ3n) is 4.64. The van der Waals surface area contributed by atoms with Crippen LogP contribution >= 0.6 is 0 Å². The van der Waals surface area contributed by atoms with E-state index in [-0.39, 0.29) is 0 Å². The van der Waals surface area contributed by atoms with E-state index in [0.29, 0.717) is 11.8 Å². The van der Waals surface area contributed by atoms with Crippen molar-refractivity contribution in [1.82, 2.24) is 39.7 Å². The Kier molecular flexibility index (Phi) is 3.98. The molecule has 5 heterocycles. The van der Waals surface area contributed by atoms with E-state index in [2.05, 4.69) is 30.4 Å². The third-order valence-corrected chi connectivity index (χ3v) is 4.64. The Morgan fingerprint density at radius 3 is 1.59 bits per heavy atom. The standard InChI is InChI=1S/C20H16N8O/c1-13-15(11-23-27(13)17-7-3-5-9-21-17)19-25-26-20(29-19)16-12-24-28(14(16)2)18-8-4-6-10-22-18/h3-12H,1-2H3. The number of hydrogen-bond donors (Lipinski definition) is 0. The molecule has 0 bridgehead atoms. The number of pyridine rings is 2. The summed E-state index contributed by atoms with van der Waals surface area (Å²) in [6.45, 7) is 3.87. The van der Waals surface area contributed by atoms with Gasteiger partial charge in [0.2, 0.25) is 0 Å². The Morgan fingerprint density at radius 2 is 1.17 bits per heavy atom. The second kappa shape index (κ2) is 6.79. The van der Waals surface area contributed by atoms with Gasteiger partial charge >= 0.3 is 0 Å². The lowest BCUT2D eigenvalue weighted by Crippen LogP contribution is -2.00. The zero-order chi connectivity index (χ0) is 19.8. The van der Waals surface area contributed by atoms with Crippen molar-refractivity contribution < 1.29 is 4.42 Å². The zero-order valence-electron chi connectivity index (χ0n) is 15.8. The van der Waals surface area contributed by atoms with E-state index in [4.69, 9.17) is 4.42 Å². The van der Waals surface area contributed by atoms with Crippen LogP contribution in [0.2, 0.25) is 0 Å². The van der Waals surface area contributed by atoms with Crippen molar-refractivity contribution in [2.45, 2.75) is 13.8 Å². The first-order chi connectivity index (χ1) is 14.2. The first kappa shape index (κ1) is 17.0. The molecule has 0 radical (unpaired) electrons. The Hall–Kier alpha value is -4.14. The fraction of sp³-hybridized carbons (Fsp3) is 0.100. The minimum Gasteiger partial charge on any atom is -0.416 e. The van der Waals surface area contributed by atoms with Gasteiger partial charge < -0.3 is 4.42 Å². The maximum Gasteiger partial charge on any atom is 0.251 e. The summed E-state index contributed by atoms with van der Waals surface area (Å²) in [5.41, 5.74) is 3.23. The summed E-state index contributed by atoms with van der Waals surface area (Å²) in [6.07, 6.45) is 6.85. The highest BCUT2D eigenvalue weighted by Gasteiger charge is 2.20. The van der Waals surface area contributed by atoms with E-state index in [1.807, 2.05) is 50.2 Å². The van der Waals surface area contributed by atoms with Crippen LogP contribution in [0.5, 0.6) is 0 Å². The molecule has 5 rings (SSSR count). The molecule has 0 aliphatic heterocycles. The van der Waals surface area contributed by atoms with Gasteiger partial charge in [-0.05, 0) is 38.1 Å². The lowest BCUT2D eigenvalue weighted by atomic mass is 10.2. The number of aromatic nitrogens is 8. The number of rotatable bonds is 4. The van der Waals surface area contributed by atoms with E-state index in [9.17, 15) is 0 Å². The predicted molar refractivity (Wildman–Crippen MR) is 104 cm³/mol. The molecule has 142 valence electrons. The maximum absolute atomic E-state index is 5.95. The van der Waals surface area contributed by atoms with Crippen molar-refractivity contribution in [3.8, 4) is 34.5 Å². The SMILES string of the molecule is Cc1c(-c2nnc(-c3cnn(-c4ccccn4)c3C)o2)cnn1-c1ccccn1. The van der Waals surface area contributed by atoms with Crippen molar-refractivity contribution in [1.29, 1.82) is 0 Å². The van der Waals surface area contributed by atoms with E-state index >= 15 is 0 Å². The van der Waals surface area contributed by atoms with Crippen molar-refractivity contribution >= 4 is 0 Å². The molecular formula is C20H16N8O. The monoisotopic (exact) mass is 384 g/mol. The van der Waals surface area contributed by atoms with Crippen molar-refractivity contribution in [2.75, 3.05) is 0 Å². The summed E-state index contributed by atoms with van der Waals surface area (Å²) in [5.74, 6) is 2.24. The van der Waals surface area contributed by atoms with Gasteiger partial charge in [-0.25, -0.2) is 19.3 Å². The average Bonchev–Trinajstić information content (AvgIpc) is 3.47. The average molecular weight is 384 g/mol. The molecule has 0 atom stereocenters. The van der Waals surface area contributed by atoms with Crippen LogP contribution in [0.15, 0.2) is 65.6 Å². The maximum atomic E-state index is 5.95. The van der Waals surface area contributed by atoms with Gasteiger partial charge in [-0.2, -0.15) is 10.2 Å². The van der Waals surface area contributed by atoms with Crippen LogP contribution < -0.4 is 0 Å². The van der Waals surface area contributed by atoms with Crippen LogP contribution in [0.4, 0.5) is 0 Å². The van der Waals surface area contributed by atoms with Gasteiger partial charge in [0, 0.05) is 12.4 Å². The van der Waals surface area contributed by atoms with Crippen LogP contribution in [0, 0.1) is 13.8 Å². The molecule has 0 aromatic carbocycles. The topological polar surface area (TPSA) is 100 Å². The third kappa shape index (κ3) is 2.89. The summed E-state index contributed by atoms with van der Waals surface area (Å²) in [5, 5.41) is 17.2. The Balaban J connectivity index is 1.50. The first-order valence-electron chi connectivity index (χ1n) is 8.98. The molecule has 9 heteroatoms. The van der Waals surface area contributed by atoms with Crippen LogP contribution in [-0.2, 0) is 0 Å². The largest absolute Gasteiger partial charge is 0.416 e. The lowest BCUT2D eigenvalue weighted by molar-refractivity contribution is 0.583. The summed E-state index contributed by atoms with van der Waals surface area (Å²) in [7, 11) is 0. The van der Waals surface area contributed by atoms with E-state index in [1.54, 1.807) is 34.2 Å². The molecule has 0 spiro atoms. The van der Waals surface area contributed by atoms with Gasteiger partial charge in [0.1, 0.15) is 0 Å². The molecule has 0 unspecified atom stereocenters. The predicted octanol–water partition coefficient (Wildman–Crippen LogP) is 3.18. The van der Waals surface area contributed by atoms with Crippen LogP contribution in [0.25, 0.3) is 34.5 Å². The molecule has 0 aliphatic rings. The van der Waals surface area contributed by atoms with Gasteiger partial charge in [0.25, 0.3) is 11.8 Å². The second-order valence-corrected chi connectivity index (χ2v) is 6.40. The Labute approximate surface area is 165 Å². The van der Waals surface area contributed by atoms with Crippen molar-refractivity contribution in [3.63, 3.8) is 0 Å². The molecule has 0 aliphatic carbocycles. The fourth-order valence-electron chi connectivity index (χ4n) is 3.10. The molecule has 5 aromatic heterocycles.